The second-order valence-electron chi connectivity index (χ2n) is 6.31. The third-order valence-corrected chi connectivity index (χ3v) is 3.37. The molecule has 0 aliphatic carbocycles. The van der Waals surface area contributed by atoms with Gasteiger partial charge in [0.1, 0.15) is 11.5 Å². The molecule has 0 saturated carbocycles. The Hall–Kier alpha value is -3.02. The Kier molecular flexibility index (Phi) is 6.60. The fourth-order valence-corrected chi connectivity index (χ4v) is 2.36. The smallest absolute Gasteiger partial charge is 0.276 e. The van der Waals surface area contributed by atoms with Crippen molar-refractivity contribution < 1.29 is 19.1 Å². The van der Waals surface area contributed by atoms with Gasteiger partial charge in [-0.05, 0) is 75.2 Å². The summed E-state index contributed by atoms with van der Waals surface area (Å²) in [5.41, 5.74) is 7.21. The van der Waals surface area contributed by atoms with Crippen LogP contribution in [0, 0.1) is 13.8 Å². The molecule has 6 heteroatoms. The second kappa shape index (κ2) is 8.89. The van der Waals surface area contributed by atoms with Crippen LogP contribution >= 0.6 is 0 Å². The van der Waals surface area contributed by atoms with E-state index in [0.717, 1.165) is 11.1 Å². The molecule has 0 aliphatic rings. The summed E-state index contributed by atoms with van der Waals surface area (Å²) in [4.78, 5) is 23.9. The lowest BCUT2D eigenvalue weighted by Gasteiger charge is -2.11. The van der Waals surface area contributed by atoms with Gasteiger partial charge in [-0.2, -0.15) is 0 Å². The van der Waals surface area contributed by atoms with Crippen LogP contribution in [-0.4, -0.2) is 24.5 Å². The predicted molar refractivity (Wildman–Crippen MR) is 99.2 cm³/mol. The van der Waals surface area contributed by atoms with E-state index in [1.807, 2.05) is 45.9 Å². The van der Waals surface area contributed by atoms with Crippen molar-refractivity contribution in [3.05, 3.63) is 59.2 Å². The number of ether oxygens (including phenoxy) is 2. The molecule has 0 aromatic heterocycles. The van der Waals surface area contributed by atoms with Gasteiger partial charge in [-0.3, -0.25) is 20.4 Å². The Morgan fingerprint density at radius 3 is 2.12 bits per heavy atom. The second-order valence-corrected chi connectivity index (χ2v) is 6.31. The van der Waals surface area contributed by atoms with Crippen LogP contribution in [0.25, 0.3) is 0 Å². The van der Waals surface area contributed by atoms with Gasteiger partial charge >= 0.3 is 0 Å². The molecule has 138 valence electrons. The van der Waals surface area contributed by atoms with Gasteiger partial charge in [-0.15, -0.1) is 0 Å². The first-order valence-corrected chi connectivity index (χ1v) is 8.40. The number of benzene rings is 2. The molecule has 0 spiro atoms. The van der Waals surface area contributed by atoms with E-state index >= 15 is 0 Å². The summed E-state index contributed by atoms with van der Waals surface area (Å²) >= 11 is 0. The molecule has 0 fully saturated rings. The Morgan fingerprint density at radius 2 is 1.54 bits per heavy atom. The molecule has 0 radical (unpaired) electrons. The molecular formula is C20H24N2O4. The maximum absolute atomic E-state index is 12.0. The van der Waals surface area contributed by atoms with Gasteiger partial charge in [0.15, 0.2) is 6.61 Å². The SMILES string of the molecule is Cc1cc(C)cc(OCC(=O)NNC(=O)c2ccc(OC(C)C)cc2)c1. The van der Waals surface area contributed by atoms with Gasteiger partial charge in [0.05, 0.1) is 6.10 Å². The molecule has 2 aromatic rings. The van der Waals surface area contributed by atoms with Crippen LogP contribution in [0.2, 0.25) is 0 Å². The van der Waals surface area contributed by atoms with Crippen LogP contribution in [0.1, 0.15) is 35.3 Å². The van der Waals surface area contributed by atoms with Crippen molar-refractivity contribution in [2.24, 2.45) is 0 Å². The van der Waals surface area contributed by atoms with Gasteiger partial charge in [0, 0.05) is 5.56 Å². The van der Waals surface area contributed by atoms with E-state index in [0.29, 0.717) is 17.1 Å². The van der Waals surface area contributed by atoms with Gasteiger partial charge < -0.3 is 9.47 Å². The number of carbonyl (C=O) groups excluding carboxylic acids is 2. The van der Waals surface area contributed by atoms with E-state index in [2.05, 4.69) is 10.9 Å². The number of hydrogen-bond donors (Lipinski definition) is 2. The zero-order valence-electron chi connectivity index (χ0n) is 15.5. The molecule has 0 bridgehead atoms. The lowest BCUT2D eigenvalue weighted by Crippen LogP contribution is -2.43. The average molecular weight is 356 g/mol. The van der Waals surface area contributed by atoms with Crippen molar-refractivity contribution >= 4 is 11.8 Å². The Bertz CT molecular complexity index is 750. The molecule has 0 unspecified atom stereocenters. The van der Waals surface area contributed by atoms with Crippen LogP contribution in [-0.2, 0) is 4.79 Å². The minimum absolute atomic E-state index is 0.0613. The summed E-state index contributed by atoms with van der Waals surface area (Å²) < 4.78 is 11.0. The number of carbonyl (C=O) groups is 2. The van der Waals surface area contributed by atoms with Gasteiger partial charge in [0.2, 0.25) is 0 Å². The molecule has 0 heterocycles. The molecule has 6 nitrogen and oxygen atoms in total. The quantitative estimate of drug-likeness (QED) is 0.780. The van der Waals surface area contributed by atoms with E-state index in [1.54, 1.807) is 24.3 Å². The number of aryl methyl sites for hydroxylation is 2. The van der Waals surface area contributed by atoms with E-state index in [-0.39, 0.29) is 12.7 Å². The first kappa shape index (κ1) is 19.3. The number of nitrogens with one attached hydrogen (secondary N) is 2. The van der Waals surface area contributed by atoms with Crippen LogP contribution < -0.4 is 20.3 Å². The maximum Gasteiger partial charge on any atom is 0.276 e. The topological polar surface area (TPSA) is 76.7 Å². The zero-order chi connectivity index (χ0) is 19.1. The van der Waals surface area contributed by atoms with Crippen LogP contribution in [0.15, 0.2) is 42.5 Å². The van der Waals surface area contributed by atoms with Crippen LogP contribution in [0.5, 0.6) is 11.5 Å². The van der Waals surface area contributed by atoms with Crippen molar-refractivity contribution in [1.82, 2.24) is 10.9 Å². The van der Waals surface area contributed by atoms with Gasteiger partial charge in [0.25, 0.3) is 11.8 Å². The zero-order valence-corrected chi connectivity index (χ0v) is 15.5. The first-order chi connectivity index (χ1) is 12.3. The summed E-state index contributed by atoms with van der Waals surface area (Å²) in [5, 5.41) is 0. The number of hydrogen-bond acceptors (Lipinski definition) is 4. The van der Waals surface area contributed by atoms with Crippen LogP contribution in [0.3, 0.4) is 0 Å². The summed E-state index contributed by atoms with van der Waals surface area (Å²) in [5.74, 6) is 0.435. The fraction of sp³-hybridized carbons (Fsp3) is 0.300. The molecule has 26 heavy (non-hydrogen) atoms. The van der Waals surface area contributed by atoms with E-state index < -0.39 is 11.8 Å². The molecular weight excluding hydrogens is 332 g/mol. The summed E-state index contributed by atoms with van der Waals surface area (Å²) in [6.07, 6.45) is 0.0613. The monoisotopic (exact) mass is 356 g/mol. The van der Waals surface area contributed by atoms with Crippen molar-refractivity contribution in [2.75, 3.05) is 6.61 Å². The highest BCUT2D eigenvalue weighted by molar-refractivity contribution is 5.95. The lowest BCUT2D eigenvalue weighted by molar-refractivity contribution is -0.123. The molecule has 2 amide bonds. The molecule has 0 atom stereocenters. The standard InChI is InChI=1S/C20H24N2O4/c1-13(2)26-17-7-5-16(6-8-17)20(24)22-21-19(23)12-25-18-10-14(3)9-15(4)11-18/h5-11,13H,12H2,1-4H3,(H,21,23)(H,22,24). The number of rotatable bonds is 6. The third-order valence-electron chi connectivity index (χ3n) is 3.37. The Morgan fingerprint density at radius 1 is 0.923 bits per heavy atom. The first-order valence-electron chi connectivity index (χ1n) is 8.40. The van der Waals surface area contributed by atoms with Crippen molar-refractivity contribution in [3.63, 3.8) is 0 Å². The summed E-state index contributed by atoms with van der Waals surface area (Å²) in [7, 11) is 0. The molecule has 2 N–H and O–H groups in total. The Balaban J connectivity index is 1.80. The third kappa shape index (κ3) is 6.12. The molecule has 0 aliphatic heterocycles. The predicted octanol–water partition coefficient (Wildman–Crippen LogP) is 2.93. The molecule has 2 aromatic carbocycles. The van der Waals surface area contributed by atoms with Crippen molar-refractivity contribution in [1.29, 1.82) is 0 Å². The highest BCUT2D eigenvalue weighted by Gasteiger charge is 2.09. The van der Waals surface area contributed by atoms with E-state index in [4.69, 9.17) is 9.47 Å². The minimum atomic E-state index is -0.447. The lowest BCUT2D eigenvalue weighted by atomic mass is 10.1. The van der Waals surface area contributed by atoms with E-state index in [9.17, 15) is 9.59 Å². The van der Waals surface area contributed by atoms with Crippen molar-refractivity contribution in [3.8, 4) is 11.5 Å². The highest BCUT2D eigenvalue weighted by Crippen LogP contribution is 2.16. The summed E-state index contributed by atoms with van der Waals surface area (Å²) in [6.45, 7) is 7.58. The number of amides is 2. The fourth-order valence-electron chi connectivity index (χ4n) is 2.36. The maximum atomic E-state index is 12.0. The van der Waals surface area contributed by atoms with E-state index in [1.165, 1.54) is 0 Å². The van der Waals surface area contributed by atoms with Crippen molar-refractivity contribution in [2.45, 2.75) is 33.8 Å². The highest BCUT2D eigenvalue weighted by atomic mass is 16.5. The Labute approximate surface area is 153 Å². The molecule has 2 rings (SSSR count). The minimum Gasteiger partial charge on any atom is -0.491 e. The van der Waals surface area contributed by atoms with Crippen LogP contribution in [0.4, 0.5) is 0 Å². The van der Waals surface area contributed by atoms with Gasteiger partial charge in [-0.25, -0.2) is 0 Å². The number of hydrazine groups is 1. The summed E-state index contributed by atoms with van der Waals surface area (Å²) in [6, 6.07) is 12.4. The van der Waals surface area contributed by atoms with Gasteiger partial charge in [-0.1, -0.05) is 6.07 Å². The normalized spacial score (nSPS) is 10.3. The largest absolute Gasteiger partial charge is 0.491 e. The molecule has 0 saturated heterocycles. The average Bonchev–Trinajstić information content (AvgIpc) is 2.57.